The molecule has 0 heterocycles. The van der Waals surface area contributed by atoms with Crippen molar-refractivity contribution in [2.24, 2.45) is 11.7 Å². The van der Waals surface area contributed by atoms with E-state index in [9.17, 15) is 4.79 Å². The van der Waals surface area contributed by atoms with Gasteiger partial charge >= 0.3 is 0 Å². The smallest absolute Gasteiger partial charge is 0.244 e. The lowest BCUT2D eigenvalue weighted by Gasteiger charge is -2.27. The summed E-state index contributed by atoms with van der Waals surface area (Å²) in [7, 11) is 0. The Bertz CT molecular complexity index is 601. The summed E-state index contributed by atoms with van der Waals surface area (Å²) in [5.74, 6) is 0.116. The van der Waals surface area contributed by atoms with E-state index in [1.54, 1.807) is 4.90 Å². The zero-order valence-electron chi connectivity index (χ0n) is 12.3. The SMILES string of the molecule is CCN(C(=O)[C@H](N)C(C)C)c1cccc2ccccc12. The monoisotopic (exact) mass is 270 g/mol. The Hall–Kier alpha value is -1.87. The van der Waals surface area contributed by atoms with Crippen LogP contribution < -0.4 is 10.6 Å². The molecule has 0 aliphatic rings. The van der Waals surface area contributed by atoms with Crippen LogP contribution in [0.2, 0.25) is 0 Å². The summed E-state index contributed by atoms with van der Waals surface area (Å²) in [5.41, 5.74) is 6.96. The Morgan fingerprint density at radius 3 is 2.45 bits per heavy atom. The third-order valence-corrected chi connectivity index (χ3v) is 3.64. The number of hydrogen-bond donors (Lipinski definition) is 1. The third kappa shape index (κ3) is 2.68. The molecule has 20 heavy (non-hydrogen) atoms. The number of rotatable bonds is 4. The molecule has 0 fully saturated rings. The quantitative estimate of drug-likeness (QED) is 0.927. The second-order valence-corrected chi connectivity index (χ2v) is 5.35. The van der Waals surface area contributed by atoms with E-state index in [0.717, 1.165) is 16.5 Å². The van der Waals surface area contributed by atoms with E-state index in [1.807, 2.05) is 51.1 Å². The van der Waals surface area contributed by atoms with Gasteiger partial charge in [0.15, 0.2) is 0 Å². The summed E-state index contributed by atoms with van der Waals surface area (Å²) in [4.78, 5) is 14.3. The summed E-state index contributed by atoms with van der Waals surface area (Å²) in [6, 6.07) is 13.6. The minimum absolute atomic E-state index is 0.0150. The maximum Gasteiger partial charge on any atom is 0.244 e. The van der Waals surface area contributed by atoms with Gasteiger partial charge in [0.1, 0.15) is 0 Å². The first kappa shape index (κ1) is 14.5. The van der Waals surface area contributed by atoms with Crippen molar-refractivity contribution < 1.29 is 4.79 Å². The van der Waals surface area contributed by atoms with Gasteiger partial charge in [0.25, 0.3) is 0 Å². The van der Waals surface area contributed by atoms with E-state index in [-0.39, 0.29) is 11.8 Å². The molecule has 0 radical (unpaired) electrons. The number of nitrogens with two attached hydrogens (primary N) is 1. The predicted molar refractivity (Wildman–Crippen MR) is 84.8 cm³/mol. The molecule has 0 saturated carbocycles. The van der Waals surface area contributed by atoms with Crippen molar-refractivity contribution in [2.45, 2.75) is 26.8 Å². The first-order chi connectivity index (χ1) is 9.56. The number of amides is 1. The minimum atomic E-state index is -0.464. The van der Waals surface area contributed by atoms with Gasteiger partial charge in [-0.1, -0.05) is 50.2 Å². The van der Waals surface area contributed by atoms with Crippen molar-refractivity contribution >= 4 is 22.4 Å². The van der Waals surface area contributed by atoms with Crippen LogP contribution in [0.3, 0.4) is 0 Å². The largest absolute Gasteiger partial charge is 0.320 e. The van der Waals surface area contributed by atoms with Gasteiger partial charge in [-0.05, 0) is 24.3 Å². The topological polar surface area (TPSA) is 46.3 Å². The number of hydrogen-bond acceptors (Lipinski definition) is 2. The molecule has 106 valence electrons. The molecule has 0 saturated heterocycles. The molecule has 2 aromatic rings. The number of benzene rings is 2. The fourth-order valence-electron chi connectivity index (χ4n) is 2.35. The number of nitrogens with zero attached hydrogens (tertiary/aromatic N) is 1. The summed E-state index contributed by atoms with van der Waals surface area (Å²) < 4.78 is 0. The van der Waals surface area contributed by atoms with E-state index in [0.29, 0.717) is 6.54 Å². The van der Waals surface area contributed by atoms with Gasteiger partial charge in [0, 0.05) is 11.9 Å². The van der Waals surface area contributed by atoms with E-state index < -0.39 is 6.04 Å². The fraction of sp³-hybridized carbons (Fsp3) is 0.353. The lowest BCUT2D eigenvalue weighted by atomic mass is 10.0. The van der Waals surface area contributed by atoms with Gasteiger partial charge in [0.05, 0.1) is 11.7 Å². The standard InChI is InChI=1S/C17H22N2O/c1-4-19(17(20)16(18)12(2)3)15-11-7-9-13-8-5-6-10-14(13)15/h5-12,16H,4,18H2,1-3H3/t16-/m1/s1. The molecule has 2 aromatic carbocycles. The average Bonchev–Trinajstić information content (AvgIpc) is 2.47. The van der Waals surface area contributed by atoms with Gasteiger partial charge in [0.2, 0.25) is 5.91 Å². The molecular formula is C17H22N2O. The van der Waals surface area contributed by atoms with Crippen LogP contribution in [0.5, 0.6) is 0 Å². The van der Waals surface area contributed by atoms with Gasteiger partial charge in [-0.2, -0.15) is 0 Å². The number of likely N-dealkylation sites (N-methyl/N-ethyl adjacent to an activating group) is 1. The molecule has 0 bridgehead atoms. The molecule has 3 nitrogen and oxygen atoms in total. The zero-order chi connectivity index (χ0) is 14.7. The first-order valence-corrected chi connectivity index (χ1v) is 7.11. The summed E-state index contributed by atoms with van der Waals surface area (Å²) in [6.45, 7) is 6.54. The molecule has 0 spiro atoms. The van der Waals surface area contributed by atoms with Crippen LogP contribution in [0.25, 0.3) is 10.8 Å². The number of fused-ring (bicyclic) bond motifs is 1. The van der Waals surface area contributed by atoms with Crippen LogP contribution in [0, 0.1) is 5.92 Å². The summed E-state index contributed by atoms with van der Waals surface area (Å²) in [5, 5.41) is 2.22. The van der Waals surface area contributed by atoms with Crippen molar-refractivity contribution in [3.05, 3.63) is 42.5 Å². The van der Waals surface area contributed by atoms with Crippen LogP contribution in [0.1, 0.15) is 20.8 Å². The number of carbonyl (C=O) groups excluding carboxylic acids is 1. The molecule has 3 heteroatoms. The van der Waals surface area contributed by atoms with E-state index in [2.05, 4.69) is 12.1 Å². The minimum Gasteiger partial charge on any atom is -0.320 e. The zero-order valence-corrected chi connectivity index (χ0v) is 12.3. The molecule has 1 atom stereocenters. The molecule has 2 N–H and O–H groups in total. The molecule has 1 amide bonds. The highest BCUT2D eigenvalue weighted by Crippen LogP contribution is 2.27. The first-order valence-electron chi connectivity index (χ1n) is 7.11. The van der Waals surface area contributed by atoms with Gasteiger partial charge in [-0.3, -0.25) is 4.79 Å². The van der Waals surface area contributed by atoms with Gasteiger partial charge in [-0.15, -0.1) is 0 Å². The van der Waals surface area contributed by atoms with Crippen LogP contribution in [-0.2, 0) is 4.79 Å². The maximum atomic E-state index is 12.6. The molecule has 0 aliphatic carbocycles. The Morgan fingerprint density at radius 2 is 1.80 bits per heavy atom. The second-order valence-electron chi connectivity index (χ2n) is 5.35. The summed E-state index contributed by atoms with van der Waals surface area (Å²) in [6.07, 6.45) is 0. The maximum absolute atomic E-state index is 12.6. The highest BCUT2D eigenvalue weighted by Gasteiger charge is 2.24. The van der Waals surface area contributed by atoms with Crippen molar-refractivity contribution in [3.63, 3.8) is 0 Å². The van der Waals surface area contributed by atoms with Crippen LogP contribution >= 0.6 is 0 Å². The lowest BCUT2D eigenvalue weighted by Crippen LogP contribution is -2.46. The second kappa shape index (κ2) is 6.06. The molecule has 2 rings (SSSR count). The highest BCUT2D eigenvalue weighted by atomic mass is 16.2. The van der Waals surface area contributed by atoms with Gasteiger partial charge < -0.3 is 10.6 Å². The predicted octanol–water partition coefficient (Wildman–Crippen LogP) is 3.18. The Balaban J connectivity index is 2.47. The average molecular weight is 270 g/mol. The van der Waals surface area contributed by atoms with Crippen molar-refractivity contribution in [3.8, 4) is 0 Å². The number of anilines is 1. The molecule has 0 aliphatic heterocycles. The van der Waals surface area contributed by atoms with Crippen molar-refractivity contribution in [2.75, 3.05) is 11.4 Å². The van der Waals surface area contributed by atoms with E-state index in [1.165, 1.54) is 0 Å². The van der Waals surface area contributed by atoms with E-state index >= 15 is 0 Å². The number of carbonyl (C=O) groups is 1. The molecule has 0 aromatic heterocycles. The van der Waals surface area contributed by atoms with E-state index in [4.69, 9.17) is 5.73 Å². The van der Waals surface area contributed by atoms with Crippen LogP contribution in [0.4, 0.5) is 5.69 Å². The molecular weight excluding hydrogens is 248 g/mol. The highest BCUT2D eigenvalue weighted by molar-refractivity contribution is 6.05. The lowest BCUT2D eigenvalue weighted by molar-refractivity contribution is -0.120. The summed E-state index contributed by atoms with van der Waals surface area (Å²) >= 11 is 0. The van der Waals surface area contributed by atoms with Gasteiger partial charge in [-0.25, -0.2) is 0 Å². The van der Waals surface area contributed by atoms with Crippen molar-refractivity contribution in [1.82, 2.24) is 0 Å². The van der Waals surface area contributed by atoms with Crippen LogP contribution in [-0.4, -0.2) is 18.5 Å². The normalized spacial score (nSPS) is 12.7. The Kier molecular flexibility index (Phi) is 4.40. The Labute approximate surface area is 120 Å². The third-order valence-electron chi connectivity index (χ3n) is 3.64. The molecule has 0 unspecified atom stereocenters. The fourth-order valence-corrected chi connectivity index (χ4v) is 2.35. The Morgan fingerprint density at radius 1 is 1.15 bits per heavy atom. The van der Waals surface area contributed by atoms with Crippen LogP contribution in [0.15, 0.2) is 42.5 Å². The van der Waals surface area contributed by atoms with Crippen molar-refractivity contribution in [1.29, 1.82) is 0 Å².